The van der Waals surface area contributed by atoms with E-state index < -0.39 is 0 Å². The van der Waals surface area contributed by atoms with Gasteiger partial charge in [0.15, 0.2) is 5.82 Å². The van der Waals surface area contributed by atoms with Gasteiger partial charge in [-0.2, -0.15) is 0 Å². The Morgan fingerprint density at radius 3 is 2.92 bits per heavy atom. The van der Waals surface area contributed by atoms with Crippen LogP contribution in [0.4, 0.5) is 16.3 Å². The van der Waals surface area contributed by atoms with Crippen LogP contribution in [0.2, 0.25) is 0 Å². The molecule has 2 aromatic heterocycles. The summed E-state index contributed by atoms with van der Waals surface area (Å²) in [4.78, 5) is 23.5. The Morgan fingerprint density at radius 2 is 2.21 bits per heavy atom. The second-order valence-corrected chi connectivity index (χ2v) is 6.85. The maximum Gasteiger partial charge on any atom is 0.319 e. The average molecular weight is 345 g/mol. The molecule has 0 aliphatic carbocycles. The van der Waals surface area contributed by atoms with E-state index >= 15 is 0 Å². The molecule has 6 nitrogen and oxygen atoms in total. The maximum atomic E-state index is 12.3. The highest BCUT2D eigenvalue weighted by atomic mass is 32.1. The van der Waals surface area contributed by atoms with Crippen LogP contribution in [0.3, 0.4) is 0 Å². The van der Waals surface area contributed by atoms with Crippen LogP contribution in [-0.2, 0) is 6.42 Å². The molecule has 7 heteroatoms. The van der Waals surface area contributed by atoms with E-state index in [1.165, 1.54) is 12.8 Å². The molecule has 1 unspecified atom stereocenters. The summed E-state index contributed by atoms with van der Waals surface area (Å²) < 4.78 is 0. The SMILES string of the molecule is CCc1nc(C(C)NC(=O)Nc2cccnc2N2CCCC2)cs1. The molecular weight excluding hydrogens is 322 g/mol. The van der Waals surface area contributed by atoms with Crippen molar-refractivity contribution < 1.29 is 4.79 Å². The lowest BCUT2D eigenvalue weighted by atomic mass is 10.2. The molecule has 2 aromatic rings. The van der Waals surface area contributed by atoms with Gasteiger partial charge in [0, 0.05) is 24.7 Å². The van der Waals surface area contributed by atoms with E-state index in [1.54, 1.807) is 17.5 Å². The molecule has 1 saturated heterocycles. The highest BCUT2D eigenvalue weighted by molar-refractivity contribution is 7.09. The van der Waals surface area contributed by atoms with Crippen molar-refractivity contribution in [1.82, 2.24) is 15.3 Å². The van der Waals surface area contributed by atoms with E-state index in [0.717, 1.165) is 41.7 Å². The van der Waals surface area contributed by atoms with Crippen molar-refractivity contribution in [2.24, 2.45) is 0 Å². The fourth-order valence-corrected chi connectivity index (χ4v) is 3.63. The third-order valence-corrected chi connectivity index (χ3v) is 5.12. The summed E-state index contributed by atoms with van der Waals surface area (Å²) in [5.74, 6) is 0.847. The Balaban J connectivity index is 1.64. The number of hydrogen-bond acceptors (Lipinski definition) is 5. The molecule has 3 heterocycles. The predicted octanol–water partition coefficient (Wildman–Crippen LogP) is 3.58. The summed E-state index contributed by atoms with van der Waals surface area (Å²) in [7, 11) is 0. The van der Waals surface area contributed by atoms with E-state index in [2.05, 4.69) is 32.4 Å². The number of thiazole rings is 1. The van der Waals surface area contributed by atoms with Crippen molar-refractivity contribution in [2.75, 3.05) is 23.3 Å². The quantitative estimate of drug-likeness (QED) is 0.869. The molecule has 1 aliphatic rings. The van der Waals surface area contributed by atoms with Crippen molar-refractivity contribution in [3.05, 3.63) is 34.4 Å². The fraction of sp³-hybridized carbons (Fsp3) is 0.471. The molecule has 128 valence electrons. The number of aromatic nitrogens is 2. The molecule has 0 aromatic carbocycles. The van der Waals surface area contributed by atoms with Crippen molar-refractivity contribution in [2.45, 2.75) is 39.2 Å². The molecule has 0 radical (unpaired) electrons. The van der Waals surface area contributed by atoms with Gasteiger partial charge in [-0.25, -0.2) is 14.8 Å². The Hall–Kier alpha value is -2.15. The van der Waals surface area contributed by atoms with Crippen LogP contribution in [0.5, 0.6) is 0 Å². The third kappa shape index (κ3) is 3.84. The first-order valence-electron chi connectivity index (χ1n) is 8.39. The minimum absolute atomic E-state index is 0.131. The lowest BCUT2D eigenvalue weighted by Gasteiger charge is -2.20. The van der Waals surface area contributed by atoms with E-state index in [1.807, 2.05) is 24.4 Å². The molecule has 3 rings (SSSR count). The molecule has 1 aliphatic heterocycles. The highest BCUT2D eigenvalue weighted by Gasteiger charge is 2.19. The summed E-state index contributed by atoms with van der Waals surface area (Å²) in [5, 5.41) is 8.97. The van der Waals surface area contributed by atoms with Crippen LogP contribution in [0, 0.1) is 0 Å². The topological polar surface area (TPSA) is 70.1 Å². The second kappa shape index (κ2) is 7.61. The van der Waals surface area contributed by atoms with E-state index in [9.17, 15) is 4.79 Å². The van der Waals surface area contributed by atoms with Crippen molar-refractivity contribution in [3.8, 4) is 0 Å². The molecule has 24 heavy (non-hydrogen) atoms. The molecule has 1 atom stereocenters. The third-order valence-electron chi connectivity index (χ3n) is 4.10. The van der Waals surface area contributed by atoms with Gasteiger partial charge in [-0.3, -0.25) is 0 Å². The zero-order valence-corrected chi connectivity index (χ0v) is 14.9. The number of aryl methyl sites for hydroxylation is 1. The van der Waals surface area contributed by atoms with Crippen LogP contribution in [0.25, 0.3) is 0 Å². The predicted molar refractivity (Wildman–Crippen MR) is 97.7 cm³/mol. The summed E-state index contributed by atoms with van der Waals surface area (Å²) in [6.07, 6.45) is 5.02. The number of carbonyl (C=O) groups excluding carboxylic acids is 1. The number of nitrogens with zero attached hydrogens (tertiary/aromatic N) is 3. The first-order valence-corrected chi connectivity index (χ1v) is 9.27. The van der Waals surface area contributed by atoms with E-state index in [-0.39, 0.29) is 12.1 Å². The zero-order valence-electron chi connectivity index (χ0n) is 14.1. The standard InChI is InChI=1S/C17H23N5OS/c1-3-15-20-14(11-24-15)12(2)19-17(23)21-13-7-6-8-18-16(13)22-9-4-5-10-22/h6-8,11-12H,3-5,9-10H2,1-2H3,(H2,19,21,23). The van der Waals surface area contributed by atoms with Crippen molar-refractivity contribution in [1.29, 1.82) is 0 Å². The molecule has 1 fully saturated rings. The van der Waals surface area contributed by atoms with Crippen LogP contribution >= 0.6 is 11.3 Å². The Kier molecular flexibility index (Phi) is 5.30. The number of urea groups is 1. The van der Waals surface area contributed by atoms with E-state index in [4.69, 9.17) is 0 Å². The van der Waals surface area contributed by atoms with Crippen molar-refractivity contribution >= 4 is 28.9 Å². The summed E-state index contributed by atoms with van der Waals surface area (Å²) >= 11 is 1.63. The van der Waals surface area contributed by atoms with Crippen LogP contribution in [0.15, 0.2) is 23.7 Å². The Bertz CT molecular complexity index is 696. The van der Waals surface area contributed by atoms with Crippen LogP contribution < -0.4 is 15.5 Å². The van der Waals surface area contributed by atoms with Gasteiger partial charge in [0.1, 0.15) is 0 Å². The van der Waals surface area contributed by atoms with Gasteiger partial charge in [-0.1, -0.05) is 6.92 Å². The first-order chi connectivity index (χ1) is 11.7. The number of rotatable bonds is 5. The largest absolute Gasteiger partial charge is 0.355 e. The summed E-state index contributed by atoms with van der Waals surface area (Å²) in [6, 6.07) is 3.37. The minimum atomic E-state index is -0.234. The van der Waals surface area contributed by atoms with Gasteiger partial charge >= 0.3 is 6.03 Å². The first kappa shape index (κ1) is 16.7. The van der Waals surface area contributed by atoms with Crippen LogP contribution in [0.1, 0.15) is 43.4 Å². The monoisotopic (exact) mass is 345 g/mol. The van der Waals surface area contributed by atoms with Gasteiger partial charge in [0.05, 0.1) is 22.4 Å². The second-order valence-electron chi connectivity index (χ2n) is 5.91. The Morgan fingerprint density at radius 1 is 1.42 bits per heavy atom. The Labute approximate surface area is 146 Å². The van der Waals surface area contributed by atoms with Crippen LogP contribution in [-0.4, -0.2) is 29.1 Å². The molecule has 0 saturated carbocycles. The lowest BCUT2D eigenvalue weighted by molar-refractivity contribution is 0.249. The van der Waals surface area contributed by atoms with Gasteiger partial charge < -0.3 is 15.5 Å². The number of carbonyl (C=O) groups is 1. The molecule has 0 spiro atoms. The number of pyridine rings is 1. The zero-order chi connectivity index (χ0) is 16.9. The van der Waals surface area contributed by atoms with Gasteiger partial charge in [0.25, 0.3) is 0 Å². The number of hydrogen-bond donors (Lipinski definition) is 2. The number of amides is 2. The smallest absolute Gasteiger partial charge is 0.319 e. The summed E-state index contributed by atoms with van der Waals surface area (Å²) in [6.45, 7) is 6.00. The van der Waals surface area contributed by atoms with E-state index in [0.29, 0.717) is 0 Å². The average Bonchev–Trinajstić information content (AvgIpc) is 3.27. The summed E-state index contributed by atoms with van der Waals surface area (Å²) in [5.41, 5.74) is 1.65. The maximum absolute atomic E-state index is 12.3. The fourth-order valence-electron chi connectivity index (χ4n) is 2.79. The normalized spacial score (nSPS) is 15.3. The number of nitrogens with one attached hydrogen (secondary N) is 2. The highest BCUT2D eigenvalue weighted by Crippen LogP contribution is 2.26. The van der Waals surface area contributed by atoms with Gasteiger partial charge in [-0.15, -0.1) is 11.3 Å². The van der Waals surface area contributed by atoms with Crippen molar-refractivity contribution in [3.63, 3.8) is 0 Å². The molecular formula is C17H23N5OS. The molecule has 2 amide bonds. The molecule has 0 bridgehead atoms. The van der Waals surface area contributed by atoms with Gasteiger partial charge in [-0.05, 0) is 38.3 Å². The molecule has 2 N–H and O–H groups in total. The number of anilines is 2. The minimum Gasteiger partial charge on any atom is -0.355 e. The lowest BCUT2D eigenvalue weighted by Crippen LogP contribution is -2.32. The van der Waals surface area contributed by atoms with Gasteiger partial charge in [0.2, 0.25) is 0 Å².